The molecule has 0 saturated heterocycles. The van der Waals surface area contributed by atoms with Crippen LogP contribution in [0.4, 0.5) is 5.69 Å². The second kappa shape index (κ2) is 5.05. The van der Waals surface area contributed by atoms with Crippen molar-refractivity contribution in [1.82, 2.24) is 4.90 Å². The number of aliphatic hydroxyl groups is 1. The third kappa shape index (κ3) is 2.35. The van der Waals surface area contributed by atoms with Crippen molar-refractivity contribution in [2.75, 3.05) is 7.05 Å². The van der Waals surface area contributed by atoms with Gasteiger partial charge in [-0.2, -0.15) is 0 Å². The van der Waals surface area contributed by atoms with E-state index in [1.54, 1.807) is 20.0 Å². The van der Waals surface area contributed by atoms with Gasteiger partial charge in [0.25, 0.3) is 5.91 Å². The molecule has 1 aromatic rings. The molecule has 0 aromatic heterocycles. The third-order valence-electron chi connectivity index (χ3n) is 3.12. The number of carbonyl (C=O) groups is 1. The van der Waals surface area contributed by atoms with Gasteiger partial charge in [-0.25, -0.2) is 4.99 Å². The minimum absolute atomic E-state index is 0.0191. The minimum atomic E-state index is -0.379. The number of benzene rings is 1. The Labute approximate surface area is 119 Å². The lowest BCUT2D eigenvalue weighted by Gasteiger charge is -2.14. The van der Waals surface area contributed by atoms with Gasteiger partial charge in [0.15, 0.2) is 0 Å². The van der Waals surface area contributed by atoms with E-state index in [1.165, 1.54) is 4.90 Å². The fraction of sp³-hybridized carbons (Fsp3) is 0.231. The zero-order chi connectivity index (χ0) is 14.2. The Morgan fingerprint density at radius 2 is 2.11 bits per heavy atom. The lowest BCUT2D eigenvalue weighted by molar-refractivity contribution is -0.125. The maximum absolute atomic E-state index is 12.0. The van der Waals surface area contributed by atoms with Crippen molar-refractivity contribution >= 4 is 33.4 Å². The molecular formula is C13H14BrN3O2. The van der Waals surface area contributed by atoms with Crippen LogP contribution in [0, 0.1) is 0 Å². The van der Waals surface area contributed by atoms with E-state index in [1.807, 2.05) is 18.2 Å². The summed E-state index contributed by atoms with van der Waals surface area (Å²) in [6.45, 7) is 1.73. The maximum atomic E-state index is 12.0. The molecule has 3 N–H and O–H groups in total. The van der Waals surface area contributed by atoms with E-state index in [0.717, 1.165) is 4.47 Å². The first-order valence-electron chi connectivity index (χ1n) is 5.72. The quantitative estimate of drug-likeness (QED) is 0.646. The predicted octanol–water partition coefficient (Wildman–Crippen LogP) is 2.11. The maximum Gasteiger partial charge on any atom is 0.261 e. The molecule has 0 saturated carbocycles. The summed E-state index contributed by atoms with van der Waals surface area (Å²) in [5.41, 5.74) is 6.53. The molecular weight excluding hydrogens is 310 g/mol. The van der Waals surface area contributed by atoms with Crippen LogP contribution in [0.2, 0.25) is 0 Å². The second-order valence-corrected chi connectivity index (χ2v) is 5.16. The third-order valence-corrected chi connectivity index (χ3v) is 3.79. The summed E-state index contributed by atoms with van der Waals surface area (Å²) in [7, 11) is 1.61. The van der Waals surface area contributed by atoms with Crippen LogP contribution in [0.3, 0.4) is 0 Å². The fourth-order valence-electron chi connectivity index (χ4n) is 1.82. The van der Waals surface area contributed by atoms with Crippen LogP contribution >= 0.6 is 15.9 Å². The molecule has 2 rings (SSSR count). The number of nitrogens with zero attached hydrogens (tertiary/aromatic N) is 2. The van der Waals surface area contributed by atoms with Crippen molar-refractivity contribution < 1.29 is 9.90 Å². The van der Waals surface area contributed by atoms with Crippen LogP contribution in [0.25, 0.3) is 0 Å². The summed E-state index contributed by atoms with van der Waals surface area (Å²) in [4.78, 5) is 17.6. The Morgan fingerprint density at radius 1 is 1.47 bits per heavy atom. The van der Waals surface area contributed by atoms with Gasteiger partial charge in [-0.3, -0.25) is 4.79 Å². The first-order chi connectivity index (χ1) is 8.93. The number of para-hydroxylation sites is 1. The summed E-state index contributed by atoms with van der Waals surface area (Å²) in [6.07, 6.45) is 0. The molecule has 1 heterocycles. The average Bonchev–Trinajstić information content (AvgIpc) is 2.57. The Hall–Kier alpha value is -1.82. The van der Waals surface area contributed by atoms with Gasteiger partial charge in [0, 0.05) is 11.5 Å². The van der Waals surface area contributed by atoms with Crippen LogP contribution in [0.15, 0.2) is 45.1 Å². The Kier molecular flexibility index (Phi) is 3.61. The molecule has 0 radical (unpaired) electrons. The molecule has 5 nitrogen and oxygen atoms in total. The smallest absolute Gasteiger partial charge is 0.261 e. The zero-order valence-electron chi connectivity index (χ0n) is 10.6. The molecule has 1 amide bonds. The normalized spacial score (nSPS) is 20.4. The average molecular weight is 324 g/mol. The first kappa shape index (κ1) is 13.6. The van der Waals surface area contributed by atoms with Gasteiger partial charge in [0.2, 0.25) is 0 Å². The van der Waals surface area contributed by atoms with Gasteiger partial charge in [-0.15, -0.1) is 0 Å². The van der Waals surface area contributed by atoms with E-state index in [9.17, 15) is 9.90 Å². The molecule has 0 bridgehead atoms. The highest BCUT2D eigenvalue weighted by atomic mass is 79.9. The molecule has 0 fully saturated rings. The number of halogens is 1. The highest BCUT2D eigenvalue weighted by Crippen LogP contribution is 2.27. The molecule has 1 aliphatic heterocycles. The molecule has 1 aromatic carbocycles. The topological polar surface area (TPSA) is 78.9 Å². The van der Waals surface area contributed by atoms with Gasteiger partial charge in [-0.1, -0.05) is 12.1 Å². The molecule has 100 valence electrons. The largest absolute Gasteiger partial charge is 0.509 e. The number of likely N-dealkylation sites (N-methyl/N-ethyl adjacent to an activating group) is 1. The Morgan fingerprint density at radius 3 is 2.63 bits per heavy atom. The number of hydrogen-bond donors (Lipinski definition) is 2. The van der Waals surface area contributed by atoms with Crippen LogP contribution in [-0.4, -0.2) is 34.8 Å². The van der Waals surface area contributed by atoms with Crippen LogP contribution in [-0.2, 0) is 4.79 Å². The molecule has 1 aliphatic rings. The van der Waals surface area contributed by atoms with E-state index >= 15 is 0 Å². The number of nitrogens with two attached hydrogens (primary N) is 1. The van der Waals surface area contributed by atoms with Crippen molar-refractivity contribution in [2.24, 2.45) is 10.7 Å². The van der Waals surface area contributed by atoms with Gasteiger partial charge < -0.3 is 15.7 Å². The molecule has 0 spiro atoms. The number of hydrogen-bond acceptors (Lipinski definition) is 3. The highest BCUT2D eigenvalue weighted by Gasteiger charge is 2.36. The lowest BCUT2D eigenvalue weighted by atomic mass is 10.2. The van der Waals surface area contributed by atoms with Crippen LogP contribution in [0.1, 0.15) is 6.92 Å². The number of amides is 1. The van der Waals surface area contributed by atoms with Crippen LogP contribution < -0.4 is 5.73 Å². The van der Waals surface area contributed by atoms with Crippen LogP contribution in [0.5, 0.6) is 0 Å². The van der Waals surface area contributed by atoms with E-state index in [-0.39, 0.29) is 29.1 Å². The van der Waals surface area contributed by atoms with E-state index < -0.39 is 0 Å². The molecule has 1 atom stereocenters. The Bertz CT molecular complexity index is 595. The van der Waals surface area contributed by atoms with E-state index in [2.05, 4.69) is 20.9 Å². The minimum Gasteiger partial charge on any atom is -0.509 e. The summed E-state index contributed by atoms with van der Waals surface area (Å²) >= 11 is 3.35. The summed E-state index contributed by atoms with van der Waals surface area (Å²) < 4.78 is 0.768. The summed E-state index contributed by atoms with van der Waals surface area (Å²) in [6, 6.07) is 6.88. The number of rotatable bonds is 2. The van der Waals surface area contributed by atoms with Crippen molar-refractivity contribution in [3.63, 3.8) is 0 Å². The van der Waals surface area contributed by atoms with Crippen molar-refractivity contribution in [2.45, 2.75) is 13.0 Å². The molecule has 6 heteroatoms. The Balaban J connectivity index is 2.43. The first-order valence-corrected chi connectivity index (χ1v) is 6.52. The predicted molar refractivity (Wildman–Crippen MR) is 77.3 cm³/mol. The molecule has 19 heavy (non-hydrogen) atoms. The monoisotopic (exact) mass is 323 g/mol. The standard InChI is InChI=1S/C13H14BrN3O2/c1-7-11(18)10(13(19)17(7)2)12(15)16-9-6-4-3-5-8(9)14/h3-7,18H,1-2H3,(H2,15,16)/t7-/m0/s1. The summed E-state index contributed by atoms with van der Waals surface area (Å²) in [5, 5.41) is 9.96. The fourth-order valence-corrected chi connectivity index (χ4v) is 2.20. The van der Waals surface area contributed by atoms with Crippen molar-refractivity contribution in [1.29, 1.82) is 0 Å². The number of aliphatic imine (C=N–C) groups is 1. The highest BCUT2D eigenvalue weighted by molar-refractivity contribution is 9.10. The van der Waals surface area contributed by atoms with E-state index in [4.69, 9.17) is 5.73 Å². The second-order valence-electron chi connectivity index (χ2n) is 4.30. The SMILES string of the molecule is C[C@H]1C(O)=C(C(N)=Nc2ccccc2Br)C(=O)N1C. The summed E-state index contributed by atoms with van der Waals surface area (Å²) in [5.74, 6) is -0.343. The lowest BCUT2D eigenvalue weighted by Crippen LogP contribution is -2.31. The van der Waals surface area contributed by atoms with Crippen molar-refractivity contribution in [3.8, 4) is 0 Å². The van der Waals surface area contributed by atoms with E-state index in [0.29, 0.717) is 5.69 Å². The number of amidine groups is 1. The van der Waals surface area contributed by atoms with Gasteiger partial charge in [0.05, 0.1) is 11.7 Å². The number of aliphatic hydroxyl groups excluding tert-OH is 1. The van der Waals surface area contributed by atoms with Crippen molar-refractivity contribution in [3.05, 3.63) is 40.1 Å². The molecule has 0 aliphatic carbocycles. The number of carbonyl (C=O) groups excluding carboxylic acids is 1. The van der Waals surface area contributed by atoms with Gasteiger partial charge >= 0.3 is 0 Å². The molecule has 0 unspecified atom stereocenters. The van der Waals surface area contributed by atoms with Gasteiger partial charge in [0.1, 0.15) is 17.2 Å². The van der Waals surface area contributed by atoms with Gasteiger partial charge in [-0.05, 0) is 35.0 Å². The zero-order valence-corrected chi connectivity index (χ0v) is 12.2.